The summed E-state index contributed by atoms with van der Waals surface area (Å²) >= 11 is 3.61. The lowest BCUT2D eigenvalue weighted by molar-refractivity contribution is 0.0838. The van der Waals surface area contributed by atoms with E-state index in [0.29, 0.717) is 0 Å². The molecule has 1 heterocycles. The van der Waals surface area contributed by atoms with Crippen molar-refractivity contribution in [2.45, 2.75) is 31.8 Å². The molecule has 2 rings (SSSR count). The number of hydrogen-bond donors (Lipinski definition) is 1. The molecule has 0 spiro atoms. The van der Waals surface area contributed by atoms with Crippen LogP contribution in [0.4, 0.5) is 0 Å². The zero-order valence-electron chi connectivity index (χ0n) is 12.1. The maximum absolute atomic E-state index is 9.49. The molecule has 5 heteroatoms. The van der Waals surface area contributed by atoms with E-state index in [1.54, 1.807) is 14.2 Å². The summed E-state index contributed by atoms with van der Waals surface area (Å²) in [5, 5.41) is 9.49. The quantitative estimate of drug-likeness (QED) is 0.892. The Kier molecular flexibility index (Phi) is 5.69. The van der Waals surface area contributed by atoms with Crippen LogP contribution >= 0.6 is 15.9 Å². The molecule has 0 aromatic heterocycles. The van der Waals surface area contributed by atoms with Crippen LogP contribution in [0.15, 0.2) is 16.6 Å². The third kappa shape index (κ3) is 3.27. The van der Waals surface area contributed by atoms with Crippen LogP contribution in [0, 0.1) is 0 Å². The van der Waals surface area contributed by atoms with Gasteiger partial charge in [-0.3, -0.25) is 4.90 Å². The van der Waals surface area contributed by atoms with E-state index in [2.05, 4.69) is 26.9 Å². The van der Waals surface area contributed by atoms with E-state index in [4.69, 9.17) is 9.47 Å². The van der Waals surface area contributed by atoms with Gasteiger partial charge in [-0.2, -0.15) is 0 Å². The zero-order valence-corrected chi connectivity index (χ0v) is 13.6. The normalized spacial score (nSPS) is 19.9. The predicted octanol–water partition coefficient (Wildman–Crippen LogP) is 2.81. The summed E-state index contributed by atoms with van der Waals surface area (Å²) in [7, 11) is 3.28. The van der Waals surface area contributed by atoms with Gasteiger partial charge in [0.15, 0.2) is 11.5 Å². The van der Waals surface area contributed by atoms with Crippen molar-refractivity contribution < 1.29 is 14.6 Å². The van der Waals surface area contributed by atoms with Gasteiger partial charge in [0.25, 0.3) is 0 Å². The lowest BCUT2D eigenvalue weighted by Gasteiger charge is -2.34. The maximum atomic E-state index is 9.49. The van der Waals surface area contributed by atoms with Crippen molar-refractivity contribution in [1.29, 1.82) is 0 Å². The minimum absolute atomic E-state index is 0.227. The van der Waals surface area contributed by atoms with E-state index in [0.717, 1.165) is 41.0 Å². The number of piperidine rings is 1. The van der Waals surface area contributed by atoms with Crippen molar-refractivity contribution in [3.05, 3.63) is 22.2 Å². The van der Waals surface area contributed by atoms with E-state index in [1.165, 1.54) is 12.8 Å². The summed E-state index contributed by atoms with van der Waals surface area (Å²) in [6.07, 6.45) is 3.47. The average molecular weight is 344 g/mol. The van der Waals surface area contributed by atoms with Gasteiger partial charge in [0.05, 0.1) is 25.3 Å². The van der Waals surface area contributed by atoms with E-state index in [9.17, 15) is 5.11 Å². The Morgan fingerprint density at radius 1 is 1.30 bits per heavy atom. The molecule has 0 bridgehead atoms. The monoisotopic (exact) mass is 343 g/mol. The SMILES string of the molecule is COc1ccc(CN2CCCCC2CO)c(Br)c1OC. The van der Waals surface area contributed by atoms with Crippen LogP contribution in [0.3, 0.4) is 0 Å². The zero-order chi connectivity index (χ0) is 14.5. The van der Waals surface area contributed by atoms with Crippen LogP contribution in [0.2, 0.25) is 0 Å². The van der Waals surface area contributed by atoms with Gasteiger partial charge in [0.1, 0.15) is 0 Å². The number of aliphatic hydroxyl groups is 1. The highest BCUT2D eigenvalue weighted by Gasteiger charge is 2.23. The molecule has 0 aliphatic carbocycles. The van der Waals surface area contributed by atoms with Crippen LogP contribution in [-0.4, -0.2) is 43.4 Å². The molecule has 0 saturated carbocycles. The molecule has 1 aliphatic heterocycles. The number of methoxy groups -OCH3 is 2. The second-order valence-corrected chi connectivity index (χ2v) is 5.87. The molecule has 0 radical (unpaired) electrons. The van der Waals surface area contributed by atoms with Crippen LogP contribution in [0.25, 0.3) is 0 Å². The third-order valence-corrected chi connectivity index (χ3v) is 4.77. The molecule has 1 atom stereocenters. The van der Waals surface area contributed by atoms with Crippen molar-refractivity contribution in [2.24, 2.45) is 0 Å². The summed E-state index contributed by atoms with van der Waals surface area (Å²) in [6.45, 7) is 2.07. The second-order valence-electron chi connectivity index (χ2n) is 5.08. The molecule has 1 fully saturated rings. The van der Waals surface area contributed by atoms with Gasteiger partial charge in [-0.15, -0.1) is 0 Å². The van der Waals surface area contributed by atoms with Gasteiger partial charge in [0, 0.05) is 12.6 Å². The summed E-state index contributed by atoms with van der Waals surface area (Å²) in [5.41, 5.74) is 1.16. The lowest BCUT2D eigenvalue weighted by atomic mass is 10.0. The van der Waals surface area contributed by atoms with Gasteiger partial charge in [0.2, 0.25) is 0 Å². The smallest absolute Gasteiger partial charge is 0.175 e. The summed E-state index contributed by atoms with van der Waals surface area (Å²) in [4.78, 5) is 2.34. The molecule has 1 saturated heterocycles. The Balaban J connectivity index is 2.20. The maximum Gasteiger partial charge on any atom is 0.175 e. The van der Waals surface area contributed by atoms with Crippen molar-refractivity contribution in [1.82, 2.24) is 4.90 Å². The number of ether oxygens (including phenoxy) is 2. The number of aliphatic hydroxyl groups excluding tert-OH is 1. The van der Waals surface area contributed by atoms with Gasteiger partial charge in [-0.1, -0.05) is 12.5 Å². The van der Waals surface area contributed by atoms with Gasteiger partial charge < -0.3 is 14.6 Å². The van der Waals surface area contributed by atoms with Crippen molar-refractivity contribution in [3.63, 3.8) is 0 Å². The average Bonchev–Trinajstić information content (AvgIpc) is 2.49. The number of likely N-dealkylation sites (tertiary alicyclic amines) is 1. The van der Waals surface area contributed by atoms with Crippen LogP contribution < -0.4 is 9.47 Å². The lowest BCUT2D eigenvalue weighted by Crippen LogP contribution is -2.41. The van der Waals surface area contributed by atoms with Gasteiger partial charge >= 0.3 is 0 Å². The van der Waals surface area contributed by atoms with Gasteiger partial charge in [-0.25, -0.2) is 0 Å². The minimum atomic E-state index is 0.227. The van der Waals surface area contributed by atoms with Crippen LogP contribution in [0.1, 0.15) is 24.8 Å². The Hall–Kier alpha value is -0.780. The first kappa shape index (κ1) is 15.6. The first-order valence-electron chi connectivity index (χ1n) is 6.95. The fourth-order valence-corrected chi connectivity index (χ4v) is 3.36. The fraction of sp³-hybridized carbons (Fsp3) is 0.600. The van der Waals surface area contributed by atoms with Crippen LogP contribution in [0.5, 0.6) is 11.5 Å². The summed E-state index contributed by atoms with van der Waals surface area (Å²) in [6, 6.07) is 4.24. The molecule has 1 aromatic rings. The summed E-state index contributed by atoms with van der Waals surface area (Å²) < 4.78 is 11.6. The number of hydrogen-bond acceptors (Lipinski definition) is 4. The molecule has 1 unspecified atom stereocenters. The van der Waals surface area contributed by atoms with Gasteiger partial charge in [-0.05, 0) is 46.9 Å². The number of benzene rings is 1. The second kappa shape index (κ2) is 7.29. The van der Waals surface area contributed by atoms with E-state index in [1.807, 2.05) is 6.07 Å². The number of nitrogens with zero attached hydrogens (tertiary/aromatic N) is 1. The molecule has 4 nitrogen and oxygen atoms in total. The number of halogens is 1. The molecular weight excluding hydrogens is 322 g/mol. The fourth-order valence-electron chi connectivity index (χ4n) is 2.75. The minimum Gasteiger partial charge on any atom is -0.493 e. The molecule has 20 heavy (non-hydrogen) atoms. The highest BCUT2D eigenvalue weighted by Crippen LogP contribution is 2.38. The molecule has 1 aliphatic rings. The van der Waals surface area contributed by atoms with E-state index in [-0.39, 0.29) is 12.6 Å². The Bertz CT molecular complexity index is 453. The topological polar surface area (TPSA) is 41.9 Å². The highest BCUT2D eigenvalue weighted by molar-refractivity contribution is 9.10. The van der Waals surface area contributed by atoms with Crippen LogP contribution in [-0.2, 0) is 6.54 Å². The first-order valence-corrected chi connectivity index (χ1v) is 7.74. The molecule has 1 aromatic carbocycles. The predicted molar refractivity (Wildman–Crippen MR) is 82.4 cm³/mol. The molecular formula is C15H22BrNO3. The Morgan fingerprint density at radius 3 is 2.75 bits per heavy atom. The third-order valence-electron chi connectivity index (χ3n) is 3.90. The molecule has 112 valence electrons. The van der Waals surface area contributed by atoms with Crippen molar-refractivity contribution in [2.75, 3.05) is 27.4 Å². The van der Waals surface area contributed by atoms with E-state index < -0.39 is 0 Å². The standard InChI is InChI=1S/C15H22BrNO3/c1-19-13-7-6-11(14(16)15(13)20-2)9-17-8-4-3-5-12(17)10-18/h6-7,12,18H,3-5,8-10H2,1-2H3. The van der Waals surface area contributed by atoms with Crippen molar-refractivity contribution in [3.8, 4) is 11.5 Å². The molecule has 0 amide bonds. The largest absolute Gasteiger partial charge is 0.493 e. The molecule has 1 N–H and O–H groups in total. The van der Waals surface area contributed by atoms with Crippen molar-refractivity contribution >= 4 is 15.9 Å². The Labute approximate surface area is 128 Å². The van der Waals surface area contributed by atoms with E-state index >= 15 is 0 Å². The highest BCUT2D eigenvalue weighted by atomic mass is 79.9. The Morgan fingerprint density at radius 2 is 2.10 bits per heavy atom. The number of rotatable bonds is 5. The first-order chi connectivity index (χ1) is 9.71. The summed E-state index contributed by atoms with van der Waals surface area (Å²) in [5.74, 6) is 1.45.